The fourth-order valence-electron chi connectivity index (χ4n) is 4.52. The fourth-order valence-corrected chi connectivity index (χ4v) is 5.29. The number of rotatable bonds is 8. The van der Waals surface area contributed by atoms with E-state index in [2.05, 4.69) is 21.6 Å². The van der Waals surface area contributed by atoms with Crippen LogP contribution in [-0.4, -0.2) is 37.4 Å². The number of carbonyl (C=O) groups excluding carboxylic acids is 1. The molecule has 0 saturated heterocycles. The topological polar surface area (TPSA) is 81.3 Å². The summed E-state index contributed by atoms with van der Waals surface area (Å²) in [7, 11) is 0. The van der Waals surface area contributed by atoms with Crippen molar-refractivity contribution in [2.24, 2.45) is 0 Å². The second-order valence-corrected chi connectivity index (χ2v) is 9.95. The lowest BCUT2D eigenvalue weighted by Gasteiger charge is -2.13. The summed E-state index contributed by atoms with van der Waals surface area (Å²) >= 11 is 1.34. The van der Waals surface area contributed by atoms with Crippen molar-refractivity contribution < 1.29 is 4.79 Å². The summed E-state index contributed by atoms with van der Waals surface area (Å²) < 4.78 is 3.54. The van der Waals surface area contributed by atoms with Gasteiger partial charge in [-0.05, 0) is 56.7 Å². The van der Waals surface area contributed by atoms with Gasteiger partial charge in [-0.25, -0.2) is 0 Å². The molecule has 2 aromatic heterocycles. The molecular formula is C27H29N5O2S. The van der Waals surface area contributed by atoms with Crippen LogP contribution in [0.15, 0.2) is 70.1 Å². The molecule has 35 heavy (non-hydrogen) atoms. The van der Waals surface area contributed by atoms with Crippen LogP contribution >= 0.6 is 11.8 Å². The summed E-state index contributed by atoms with van der Waals surface area (Å²) in [5.74, 6) is 0.687. The van der Waals surface area contributed by atoms with Gasteiger partial charge in [0.25, 0.3) is 5.56 Å². The zero-order valence-electron chi connectivity index (χ0n) is 19.9. The maximum absolute atomic E-state index is 13.3. The lowest BCUT2D eigenvalue weighted by molar-refractivity contribution is -0.118. The number of para-hydroxylation sites is 1. The summed E-state index contributed by atoms with van der Waals surface area (Å²) in [5.41, 5.74) is 4.27. The number of fused-ring (bicyclic) bond motifs is 3. The molecule has 0 bridgehead atoms. The van der Waals surface area contributed by atoms with Gasteiger partial charge >= 0.3 is 0 Å². The molecule has 1 aliphatic carbocycles. The lowest BCUT2D eigenvalue weighted by atomic mass is 9.97. The smallest absolute Gasteiger partial charge is 0.263 e. The first-order valence-electron chi connectivity index (χ1n) is 12.1. The zero-order valence-corrected chi connectivity index (χ0v) is 20.7. The molecule has 1 N–H and O–H groups in total. The first kappa shape index (κ1) is 23.4. The molecule has 180 valence electrons. The predicted molar refractivity (Wildman–Crippen MR) is 140 cm³/mol. The first-order valence-corrected chi connectivity index (χ1v) is 13.1. The maximum atomic E-state index is 13.3. The van der Waals surface area contributed by atoms with Crippen molar-refractivity contribution in [1.29, 1.82) is 0 Å². The average molecular weight is 488 g/mol. The molecule has 0 fully saturated rings. The molecule has 7 nitrogen and oxygen atoms in total. The van der Waals surface area contributed by atoms with Crippen molar-refractivity contribution in [3.8, 4) is 0 Å². The van der Waals surface area contributed by atoms with E-state index in [4.69, 9.17) is 0 Å². The highest BCUT2D eigenvalue weighted by Gasteiger charge is 2.18. The van der Waals surface area contributed by atoms with Crippen LogP contribution < -0.4 is 10.9 Å². The van der Waals surface area contributed by atoms with Gasteiger partial charge in [0.1, 0.15) is 0 Å². The van der Waals surface area contributed by atoms with Crippen LogP contribution in [0, 0.1) is 6.92 Å². The van der Waals surface area contributed by atoms with E-state index in [1.54, 1.807) is 4.57 Å². The number of aromatic nitrogens is 4. The molecule has 0 saturated carbocycles. The number of nitrogens with one attached hydrogen (secondary N) is 1. The van der Waals surface area contributed by atoms with Crippen LogP contribution in [0.3, 0.4) is 0 Å². The van der Waals surface area contributed by atoms with Gasteiger partial charge < -0.3 is 5.32 Å². The highest BCUT2D eigenvalue weighted by atomic mass is 32.2. The van der Waals surface area contributed by atoms with Crippen LogP contribution in [0.1, 0.15) is 43.2 Å². The van der Waals surface area contributed by atoms with Gasteiger partial charge in [0.15, 0.2) is 5.16 Å². The summed E-state index contributed by atoms with van der Waals surface area (Å²) in [6.07, 6.45) is 8.05. The minimum atomic E-state index is -0.104. The Morgan fingerprint density at radius 1 is 1.09 bits per heavy atom. The molecular weight excluding hydrogens is 458 g/mol. The van der Waals surface area contributed by atoms with Crippen LogP contribution in [0.2, 0.25) is 0 Å². The summed E-state index contributed by atoms with van der Waals surface area (Å²) in [4.78, 5) is 25.8. The molecule has 8 heteroatoms. The highest BCUT2D eigenvalue weighted by Crippen LogP contribution is 2.22. The van der Waals surface area contributed by atoms with E-state index >= 15 is 0 Å². The quantitative estimate of drug-likeness (QED) is 0.292. The molecule has 5 rings (SSSR count). The molecule has 0 atom stereocenters. The molecule has 2 aromatic carbocycles. The third kappa shape index (κ3) is 5.17. The van der Waals surface area contributed by atoms with Crippen molar-refractivity contribution in [3.05, 3.63) is 81.7 Å². The zero-order chi connectivity index (χ0) is 24.2. The number of nitrogens with zero attached hydrogens (tertiary/aromatic N) is 4. The van der Waals surface area contributed by atoms with Crippen LogP contribution in [0.4, 0.5) is 0 Å². The molecule has 2 heterocycles. The Bertz CT molecular complexity index is 1450. The van der Waals surface area contributed by atoms with E-state index in [9.17, 15) is 9.59 Å². The van der Waals surface area contributed by atoms with Crippen molar-refractivity contribution in [3.63, 3.8) is 0 Å². The largest absolute Gasteiger partial charge is 0.355 e. The fraction of sp³-hybridized carbons (Fsp3) is 0.333. The van der Waals surface area contributed by atoms with Gasteiger partial charge in [-0.15, -0.1) is 10.2 Å². The Morgan fingerprint density at radius 3 is 2.71 bits per heavy atom. The highest BCUT2D eigenvalue weighted by molar-refractivity contribution is 7.99. The predicted octanol–water partition coefficient (Wildman–Crippen LogP) is 4.50. The Morgan fingerprint density at radius 2 is 1.91 bits per heavy atom. The van der Waals surface area contributed by atoms with Crippen molar-refractivity contribution >= 4 is 34.3 Å². The second kappa shape index (κ2) is 10.5. The number of hydrogen-bond acceptors (Lipinski definition) is 5. The Kier molecular flexibility index (Phi) is 6.99. The number of amides is 1. The van der Waals surface area contributed by atoms with E-state index in [1.807, 2.05) is 59.9 Å². The normalized spacial score (nSPS) is 13.8. The molecule has 0 radical (unpaired) electrons. The average Bonchev–Trinajstić information content (AvgIpc) is 3.31. The molecule has 1 amide bonds. The molecule has 0 spiro atoms. The standard InChI is InChI=1S/C27H29N5O2S/c1-19-11-13-21(14-12-19)17-31-25(34)22-9-5-6-10-23(22)32-26(31)29-30-27(32)35-18-24(33)28-16-15-20-7-3-2-4-8-20/h5-7,9-14H,2-4,8,15-18H2,1H3,(H,28,33). The Labute approximate surface area is 208 Å². The SMILES string of the molecule is Cc1ccc(Cn2c(=O)c3ccccc3n3c(SCC(=O)NCCC4=CCCCC4)nnc23)cc1. The number of carbonyl (C=O) groups is 1. The first-order chi connectivity index (χ1) is 17.1. The number of benzene rings is 2. The molecule has 0 unspecified atom stereocenters. The van der Waals surface area contributed by atoms with Crippen molar-refractivity contribution in [2.45, 2.75) is 50.7 Å². The third-order valence-electron chi connectivity index (χ3n) is 6.43. The summed E-state index contributed by atoms with van der Waals surface area (Å²) in [6.45, 7) is 3.09. The maximum Gasteiger partial charge on any atom is 0.263 e. The Balaban J connectivity index is 1.38. The monoisotopic (exact) mass is 487 g/mol. The number of aryl methyl sites for hydroxylation is 1. The van der Waals surface area contributed by atoms with Gasteiger partial charge in [0, 0.05) is 6.54 Å². The van der Waals surface area contributed by atoms with Gasteiger partial charge in [0.05, 0.1) is 23.2 Å². The van der Waals surface area contributed by atoms with E-state index < -0.39 is 0 Å². The van der Waals surface area contributed by atoms with E-state index in [0.29, 0.717) is 29.4 Å². The second-order valence-electron chi connectivity index (χ2n) is 9.01. The van der Waals surface area contributed by atoms with Crippen LogP contribution in [0.5, 0.6) is 0 Å². The van der Waals surface area contributed by atoms with E-state index in [1.165, 1.54) is 35.7 Å². The molecule has 4 aromatic rings. The number of thioether (sulfide) groups is 1. The van der Waals surface area contributed by atoms with Gasteiger partial charge in [0.2, 0.25) is 11.7 Å². The van der Waals surface area contributed by atoms with Gasteiger partial charge in [-0.3, -0.25) is 18.6 Å². The minimum absolute atomic E-state index is 0.0274. The summed E-state index contributed by atoms with van der Waals surface area (Å²) in [5, 5.41) is 12.9. The molecule has 0 aliphatic heterocycles. The Hall–Kier alpha value is -3.39. The lowest BCUT2D eigenvalue weighted by Crippen LogP contribution is -2.26. The van der Waals surface area contributed by atoms with Crippen LogP contribution in [-0.2, 0) is 11.3 Å². The van der Waals surface area contributed by atoms with Gasteiger partial charge in [-0.1, -0.05) is 65.4 Å². The van der Waals surface area contributed by atoms with Crippen molar-refractivity contribution in [2.75, 3.05) is 12.3 Å². The third-order valence-corrected chi connectivity index (χ3v) is 7.35. The summed E-state index contributed by atoms with van der Waals surface area (Å²) in [6, 6.07) is 15.6. The number of allylic oxidation sites excluding steroid dienone is 1. The van der Waals surface area contributed by atoms with Crippen LogP contribution in [0.25, 0.3) is 16.7 Å². The van der Waals surface area contributed by atoms with E-state index in [-0.39, 0.29) is 17.2 Å². The van der Waals surface area contributed by atoms with Crippen molar-refractivity contribution in [1.82, 2.24) is 24.5 Å². The van der Waals surface area contributed by atoms with Gasteiger partial charge in [-0.2, -0.15) is 0 Å². The molecule has 1 aliphatic rings. The van der Waals surface area contributed by atoms with E-state index in [0.717, 1.165) is 30.3 Å². The minimum Gasteiger partial charge on any atom is -0.355 e. The number of hydrogen-bond donors (Lipinski definition) is 1.